The molecule has 0 fully saturated rings. The van der Waals surface area contributed by atoms with E-state index in [-0.39, 0.29) is 36.0 Å². The number of carbonyl (C=O) groups excluding carboxylic acids is 2. The average molecular weight is 334 g/mol. The zero-order chi connectivity index (χ0) is 17.7. The lowest BCUT2D eigenvalue weighted by Crippen LogP contribution is -2.25. The van der Waals surface area contributed by atoms with Crippen molar-refractivity contribution in [3.63, 3.8) is 0 Å². The average Bonchev–Trinajstić information content (AvgIpc) is 2.98. The largest absolute Gasteiger partial charge is 0.483 e. The maximum Gasteiger partial charge on any atom is 0.356 e. The van der Waals surface area contributed by atoms with Crippen LogP contribution in [0, 0.1) is 0 Å². The van der Waals surface area contributed by atoms with Crippen molar-refractivity contribution in [2.24, 2.45) is 0 Å². The molecule has 0 bridgehead atoms. The maximum atomic E-state index is 11.8. The van der Waals surface area contributed by atoms with E-state index in [4.69, 9.17) is 14.6 Å². The fraction of sp³-hybridized carbons (Fsp3) is 0.214. The number of hydrogen-bond acceptors (Lipinski definition) is 6. The molecule has 0 aromatic carbocycles. The fourth-order valence-corrected chi connectivity index (χ4v) is 2.44. The van der Waals surface area contributed by atoms with Crippen molar-refractivity contribution in [1.82, 2.24) is 15.2 Å². The summed E-state index contributed by atoms with van der Waals surface area (Å²) >= 11 is 0. The van der Waals surface area contributed by atoms with Crippen molar-refractivity contribution in [2.75, 3.05) is 12.4 Å². The van der Waals surface area contributed by atoms with Gasteiger partial charge in [0.15, 0.2) is 5.82 Å². The molecular weight excluding hydrogens is 320 g/mol. The first-order chi connectivity index (χ1) is 11.5. The van der Waals surface area contributed by atoms with E-state index in [0.717, 1.165) is 5.56 Å². The third-order valence-electron chi connectivity index (χ3n) is 3.40. The van der Waals surface area contributed by atoms with Crippen LogP contribution in [0.1, 0.15) is 34.0 Å². The second-order valence-electron chi connectivity index (χ2n) is 4.75. The zero-order valence-electron chi connectivity index (χ0n) is 12.5. The molecule has 4 N–H and O–H groups in total. The van der Waals surface area contributed by atoms with Crippen LogP contribution in [0.15, 0.2) is 23.1 Å². The Balaban J connectivity index is 0.000000647. The summed E-state index contributed by atoms with van der Waals surface area (Å²) < 4.78 is 4.71. The highest BCUT2D eigenvalue weighted by Gasteiger charge is 2.34. The highest BCUT2D eigenvalue weighted by molar-refractivity contribution is 5.98. The quantitative estimate of drug-likeness (QED) is 0.447. The standard InChI is InChI=1S/C13H12N4O4.CH2O2/c1-21-13(20)11-10-7(6-2-3-8(18)14-5-6)4-9(19)15-12(10)17-16-11;2-1-3/h2-3,5,7H,4H2,1H3,(H,14,18)(H2,15,16,17,19);1H,(H,2,3). The van der Waals surface area contributed by atoms with E-state index >= 15 is 0 Å². The lowest BCUT2D eigenvalue weighted by Gasteiger charge is -2.22. The normalized spacial score (nSPS) is 15.4. The first-order valence-electron chi connectivity index (χ1n) is 6.74. The molecule has 1 unspecified atom stereocenters. The van der Waals surface area contributed by atoms with Crippen molar-refractivity contribution >= 4 is 24.2 Å². The van der Waals surface area contributed by atoms with Crippen molar-refractivity contribution in [1.29, 1.82) is 0 Å². The van der Waals surface area contributed by atoms with E-state index in [1.807, 2.05) is 0 Å². The van der Waals surface area contributed by atoms with Crippen LogP contribution < -0.4 is 10.9 Å². The third kappa shape index (κ3) is 3.32. The molecule has 1 aliphatic heterocycles. The summed E-state index contributed by atoms with van der Waals surface area (Å²) in [4.78, 5) is 45.7. The van der Waals surface area contributed by atoms with Gasteiger partial charge in [-0.05, 0) is 5.56 Å². The summed E-state index contributed by atoms with van der Waals surface area (Å²) in [7, 11) is 1.27. The van der Waals surface area contributed by atoms with Gasteiger partial charge in [-0.15, -0.1) is 0 Å². The van der Waals surface area contributed by atoms with Gasteiger partial charge in [-0.2, -0.15) is 5.10 Å². The number of anilines is 1. The predicted molar refractivity (Wildman–Crippen MR) is 80.8 cm³/mol. The first kappa shape index (κ1) is 16.9. The monoisotopic (exact) mass is 334 g/mol. The van der Waals surface area contributed by atoms with Gasteiger partial charge < -0.3 is 20.1 Å². The van der Waals surface area contributed by atoms with Crippen molar-refractivity contribution in [3.05, 3.63) is 45.5 Å². The Morgan fingerprint density at radius 1 is 1.42 bits per heavy atom. The summed E-state index contributed by atoms with van der Waals surface area (Å²) in [5, 5.41) is 16.0. The molecule has 1 aliphatic rings. The number of carbonyl (C=O) groups is 3. The predicted octanol–water partition coefficient (Wildman–Crippen LogP) is 0.0595. The van der Waals surface area contributed by atoms with Gasteiger partial charge in [-0.1, -0.05) is 6.07 Å². The topological polar surface area (TPSA) is 154 Å². The third-order valence-corrected chi connectivity index (χ3v) is 3.40. The van der Waals surface area contributed by atoms with Gasteiger partial charge in [0.25, 0.3) is 6.47 Å². The molecule has 3 heterocycles. The molecule has 10 nitrogen and oxygen atoms in total. The Kier molecular flexibility index (Phi) is 5.09. The number of aromatic nitrogens is 3. The number of fused-ring (bicyclic) bond motifs is 1. The molecule has 3 rings (SSSR count). The van der Waals surface area contributed by atoms with Crippen molar-refractivity contribution in [3.8, 4) is 0 Å². The second kappa shape index (κ2) is 7.22. The number of nitrogens with zero attached hydrogens (tertiary/aromatic N) is 1. The van der Waals surface area contributed by atoms with Crippen LogP contribution in [0.3, 0.4) is 0 Å². The number of esters is 1. The van der Waals surface area contributed by atoms with Crippen LogP contribution in [0.5, 0.6) is 0 Å². The van der Waals surface area contributed by atoms with Crippen molar-refractivity contribution in [2.45, 2.75) is 12.3 Å². The summed E-state index contributed by atoms with van der Waals surface area (Å²) in [6, 6.07) is 3.00. The summed E-state index contributed by atoms with van der Waals surface area (Å²) in [6.45, 7) is -0.250. The molecule has 1 amide bonds. The minimum Gasteiger partial charge on any atom is -0.483 e. The fourth-order valence-electron chi connectivity index (χ4n) is 2.44. The van der Waals surface area contributed by atoms with Gasteiger partial charge >= 0.3 is 5.97 Å². The van der Waals surface area contributed by atoms with Gasteiger partial charge in [-0.25, -0.2) is 4.79 Å². The van der Waals surface area contributed by atoms with E-state index in [0.29, 0.717) is 11.4 Å². The molecule has 126 valence electrons. The lowest BCUT2D eigenvalue weighted by molar-refractivity contribution is -0.123. The van der Waals surface area contributed by atoms with Gasteiger partial charge in [0.1, 0.15) is 5.69 Å². The minimum atomic E-state index is -0.561. The number of amides is 1. The molecule has 0 aliphatic carbocycles. The Labute approximate surface area is 134 Å². The number of rotatable bonds is 2. The number of nitrogens with one attached hydrogen (secondary N) is 3. The molecule has 2 aromatic heterocycles. The summed E-state index contributed by atoms with van der Waals surface area (Å²) in [5.41, 5.74) is 1.24. The number of methoxy groups -OCH3 is 1. The Morgan fingerprint density at radius 2 is 2.12 bits per heavy atom. The molecular formula is C14H14N4O6. The number of pyridine rings is 1. The Bertz CT molecular complexity index is 804. The SMILES string of the molecule is COC(=O)c1[nH]nc2c1C(c1ccc(=O)[nH]c1)CC(=O)N2.O=CO. The lowest BCUT2D eigenvalue weighted by atomic mass is 9.86. The van der Waals surface area contributed by atoms with Crippen LogP contribution in [0.4, 0.5) is 5.82 Å². The zero-order valence-corrected chi connectivity index (χ0v) is 12.5. The number of H-pyrrole nitrogens is 2. The molecule has 2 aromatic rings. The number of ether oxygens (including phenoxy) is 1. The van der Waals surface area contributed by atoms with E-state index in [1.165, 1.54) is 19.4 Å². The molecule has 0 radical (unpaired) electrons. The van der Waals surface area contributed by atoms with E-state index in [9.17, 15) is 14.4 Å². The highest BCUT2D eigenvalue weighted by atomic mass is 16.5. The van der Waals surface area contributed by atoms with Gasteiger partial charge in [0.05, 0.1) is 7.11 Å². The molecule has 10 heteroatoms. The van der Waals surface area contributed by atoms with Gasteiger partial charge in [0.2, 0.25) is 11.5 Å². The van der Waals surface area contributed by atoms with Crippen LogP contribution in [0.25, 0.3) is 0 Å². The first-order valence-corrected chi connectivity index (χ1v) is 6.74. The van der Waals surface area contributed by atoms with Crippen LogP contribution in [0.2, 0.25) is 0 Å². The van der Waals surface area contributed by atoms with Gasteiger partial charge in [-0.3, -0.25) is 19.5 Å². The second-order valence-corrected chi connectivity index (χ2v) is 4.75. The minimum absolute atomic E-state index is 0.155. The number of aromatic amines is 2. The Hall–Kier alpha value is -3.43. The number of hydrogen-bond donors (Lipinski definition) is 4. The van der Waals surface area contributed by atoms with Crippen LogP contribution in [-0.2, 0) is 14.3 Å². The smallest absolute Gasteiger partial charge is 0.356 e. The van der Waals surface area contributed by atoms with E-state index in [2.05, 4.69) is 20.5 Å². The summed E-state index contributed by atoms with van der Waals surface area (Å²) in [6.07, 6.45) is 1.69. The van der Waals surface area contributed by atoms with E-state index in [1.54, 1.807) is 6.07 Å². The van der Waals surface area contributed by atoms with Crippen LogP contribution >= 0.6 is 0 Å². The van der Waals surface area contributed by atoms with E-state index < -0.39 is 5.97 Å². The van der Waals surface area contributed by atoms with Gasteiger partial charge in [0, 0.05) is 30.2 Å². The molecule has 1 atom stereocenters. The molecule has 24 heavy (non-hydrogen) atoms. The molecule has 0 saturated carbocycles. The summed E-state index contributed by atoms with van der Waals surface area (Å²) in [5.74, 6) is -0.836. The molecule has 0 spiro atoms. The highest BCUT2D eigenvalue weighted by Crippen LogP contribution is 2.37. The molecule has 0 saturated heterocycles. The number of carboxylic acid groups (broad SMARTS) is 1. The maximum absolute atomic E-state index is 11.8. The van der Waals surface area contributed by atoms with Crippen LogP contribution in [-0.4, -0.2) is 45.7 Å². The van der Waals surface area contributed by atoms with Crippen molar-refractivity contribution < 1.29 is 24.2 Å². The Morgan fingerprint density at radius 3 is 2.71 bits per heavy atom.